The summed E-state index contributed by atoms with van der Waals surface area (Å²) in [4.78, 5) is 47.4. The zero-order valence-corrected chi connectivity index (χ0v) is 19.8. The zero-order valence-electron chi connectivity index (χ0n) is 19.8. The number of rotatable bonds is 5. The summed E-state index contributed by atoms with van der Waals surface area (Å²) in [5.74, 6) is -0.794. The van der Waals surface area contributed by atoms with Gasteiger partial charge in [-0.05, 0) is 42.0 Å². The molecule has 4 rings (SSSR count). The van der Waals surface area contributed by atoms with Crippen molar-refractivity contribution in [1.29, 1.82) is 0 Å². The molecule has 2 heterocycles. The van der Waals surface area contributed by atoms with Gasteiger partial charge in [0, 0.05) is 31.9 Å². The van der Waals surface area contributed by atoms with Crippen LogP contribution in [0.3, 0.4) is 0 Å². The number of ether oxygens (including phenoxy) is 1. The lowest BCUT2D eigenvalue weighted by molar-refractivity contribution is -0.143. The van der Waals surface area contributed by atoms with Crippen LogP contribution in [0, 0.1) is 0 Å². The minimum absolute atomic E-state index is 0.0454. The van der Waals surface area contributed by atoms with Gasteiger partial charge in [0.25, 0.3) is 5.91 Å². The van der Waals surface area contributed by atoms with Gasteiger partial charge in [0.2, 0.25) is 5.91 Å². The molecule has 2 aromatic carbocycles. The maximum atomic E-state index is 13.1. The highest BCUT2D eigenvalue weighted by Gasteiger charge is 2.31. The maximum Gasteiger partial charge on any atom is 0.416 e. The van der Waals surface area contributed by atoms with E-state index < -0.39 is 23.8 Å². The number of nitrogens with one attached hydrogen (secondary N) is 2. The third-order valence-corrected chi connectivity index (χ3v) is 5.95. The molecule has 0 radical (unpaired) electrons. The van der Waals surface area contributed by atoms with E-state index in [1.807, 2.05) is 0 Å². The van der Waals surface area contributed by atoms with E-state index in [1.165, 1.54) is 23.0 Å². The van der Waals surface area contributed by atoms with Gasteiger partial charge in [0.1, 0.15) is 11.9 Å². The zero-order chi connectivity index (χ0) is 26.2. The van der Waals surface area contributed by atoms with Crippen LogP contribution in [0.4, 0.5) is 18.9 Å². The fourth-order valence-corrected chi connectivity index (χ4v) is 4.07. The monoisotopic (exact) mass is 503 g/mol. The van der Waals surface area contributed by atoms with Crippen molar-refractivity contribution in [1.82, 2.24) is 19.8 Å². The van der Waals surface area contributed by atoms with E-state index in [2.05, 4.69) is 20.0 Å². The van der Waals surface area contributed by atoms with Crippen molar-refractivity contribution in [3.63, 3.8) is 0 Å². The Bertz CT molecular complexity index is 1340. The Morgan fingerprint density at radius 3 is 2.67 bits per heavy atom. The number of H-pyrrole nitrogens is 1. The van der Waals surface area contributed by atoms with Crippen molar-refractivity contribution in [2.45, 2.75) is 31.7 Å². The lowest BCUT2D eigenvalue weighted by atomic mass is 10.1. The third kappa shape index (κ3) is 5.11. The van der Waals surface area contributed by atoms with Crippen molar-refractivity contribution in [2.75, 3.05) is 26.5 Å². The largest absolute Gasteiger partial charge is 0.469 e. The molecule has 12 heteroatoms. The lowest BCUT2D eigenvalue weighted by Gasteiger charge is -2.19. The molecule has 1 aromatic heterocycles. The number of alkyl halides is 3. The smallest absolute Gasteiger partial charge is 0.416 e. The molecule has 0 saturated heterocycles. The van der Waals surface area contributed by atoms with Gasteiger partial charge in [-0.2, -0.15) is 13.2 Å². The number of methoxy groups -OCH3 is 1. The van der Waals surface area contributed by atoms with Crippen molar-refractivity contribution in [3.8, 4) is 0 Å². The molecule has 36 heavy (non-hydrogen) atoms. The Kier molecular flexibility index (Phi) is 6.61. The predicted octanol–water partition coefficient (Wildman–Crippen LogP) is 3.17. The second kappa shape index (κ2) is 9.51. The molecule has 9 nitrogen and oxygen atoms in total. The molecule has 190 valence electrons. The minimum Gasteiger partial charge on any atom is -0.469 e. The van der Waals surface area contributed by atoms with Crippen molar-refractivity contribution >= 4 is 34.5 Å². The van der Waals surface area contributed by atoms with Gasteiger partial charge in [0.05, 0.1) is 36.7 Å². The molecule has 2 amide bonds. The number of hydrogen-bond acceptors (Lipinski definition) is 6. The maximum absolute atomic E-state index is 13.1. The summed E-state index contributed by atoms with van der Waals surface area (Å²) in [5, 5.41) is 3.06. The number of benzene rings is 2. The molecule has 0 saturated carbocycles. The van der Waals surface area contributed by atoms with Gasteiger partial charge in [0.15, 0.2) is 0 Å². The number of carbonyl (C=O) groups is 3. The number of likely N-dealkylation sites (N-methyl/N-ethyl adjacent to an activating group) is 1. The molecular weight excluding hydrogens is 479 g/mol. The first-order valence-electron chi connectivity index (χ1n) is 11.0. The highest BCUT2D eigenvalue weighted by molar-refractivity contribution is 5.95. The van der Waals surface area contributed by atoms with Gasteiger partial charge < -0.3 is 24.8 Å². The average Bonchev–Trinajstić information content (AvgIpc) is 3.19. The van der Waals surface area contributed by atoms with E-state index in [1.54, 1.807) is 32.3 Å². The number of amides is 2. The molecule has 0 spiro atoms. The molecule has 1 aliphatic heterocycles. The summed E-state index contributed by atoms with van der Waals surface area (Å²) < 4.78 is 43.6. The van der Waals surface area contributed by atoms with Crippen LogP contribution in [0.5, 0.6) is 0 Å². The molecule has 1 atom stereocenters. The van der Waals surface area contributed by atoms with E-state index in [-0.39, 0.29) is 36.8 Å². The Balaban J connectivity index is 1.51. The first-order valence-corrected chi connectivity index (χ1v) is 11.0. The first kappa shape index (κ1) is 25.0. The molecule has 0 bridgehead atoms. The highest BCUT2D eigenvalue weighted by Crippen LogP contribution is 2.31. The van der Waals surface area contributed by atoms with Gasteiger partial charge in [-0.15, -0.1) is 0 Å². The quantitative estimate of drug-likeness (QED) is 0.518. The van der Waals surface area contributed by atoms with E-state index in [0.29, 0.717) is 28.2 Å². The predicted molar refractivity (Wildman–Crippen MR) is 124 cm³/mol. The second-order valence-corrected chi connectivity index (χ2v) is 8.62. The number of esters is 1. The molecule has 0 fully saturated rings. The lowest BCUT2D eigenvalue weighted by Crippen LogP contribution is -2.39. The van der Waals surface area contributed by atoms with Gasteiger partial charge in [-0.3, -0.25) is 14.4 Å². The number of fused-ring (bicyclic) bond motifs is 2. The second-order valence-electron chi connectivity index (χ2n) is 8.62. The number of hydrogen-bond donors (Lipinski definition) is 2. The van der Waals surface area contributed by atoms with Gasteiger partial charge in [-0.1, -0.05) is 0 Å². The summed E-state index contributed by atoms with van der Waals surface area (Å²) in [5.41, 5.74) is 1.49. The van der Waals surface area contributed by atoms with Crippen LogP contribution in [-0.4, -0.2) is 64.8 Å². The van der Waals surface area contributed by atoms with E-state index >= 15 is 0 Å². The Morgan fingerprint density at radius 1 is 1.22 bits per heavy atom. The van der Waals surface area contributed by atoms with Crippen LogP contribution < -0.4 is 5.32 Å². The van der Waals surface area contributed by atoms with Crippen LogP contribution in [0.1, 0.15) is 33.7 Å². The van der Waals surface area contributed by atoms with Crippen molar-refractivity contribution in [3.05, 3.63) is 58.9 Å². The fourth-order valence-electron chi connectivity index (χ4n) is 4.07. The number of halogens is 3. The third-order valence-electron chi connectivity index (χ3n) is 5.95. The van der Waals surface area contributed by atoms with E-state index in [9.17, 15) is 27.6 Å². The van der Waals surface area contributed by atoms with Crippen LogP contribution in [0.2, 0.25) is 0 Å². The van der Waals surface area contributed by atoms with Gasteiger partial charge in [-0.25, -0.2) is 4.98 Å². The Morgan fingerprint density at radius 2 is 1.97 bits per heavy atom. The average molecular weight is 503 g/mol. The molecular formula is C24H24F3N5O4. The first-order chi connectivity index (χ1) is 17.0. The van der Waals surface area contributed by atoms with Gasteiger partial charge >= 0.3 is 12.1 Å². The number of aromatic nitrogens is 2. The van der Waals surface area contributed by atoms with Crippen LogP contribution in [0.25, 0.3) is 11.0 Å². The molecule has 0 unspecified atom stereocenters. The van der Waals surface area contributed by atoms with E-state index in [4.69, 9.17) is 0 Å². The molecule has 3 aromatic rings. The Labute approximate surface area is 204 Å². The standard InChI is InChI=1S/C24H24F3N5O4/c1-31-11-14-8-13(4-6-16(14)28-19(23(31)35)10-21(33)36-3)22(34)32(2)12-20-29-17-7-5-15(24(25,26)27)9-18(17)30-20/h4-9,19,28H,10-12H2,1-3H3,(H,29,30)/t19-/m0/s1. The molecule has 0 aliphatic carbocycles. The number of nitrogens with zero attached hydrogens (tertiary/aromatic N) is 3. The summed E-state index contributed by atoms with van der Waals surface area (Å²) in [6, 6.07) is 7.38. The number of carbonyl (C=O) groups excluding carboxylic acids is 3. The van der Waals surface area contributed by atoms with Crippen LogP contribution in [0.15, 0.2) is 36.4 Å². The van der Waals surface area contributed by atoms with Crippen LogP contribution in [-0.2, 0) is 33.6 Å². The summed E-state index contributed by atoms with van der Waals surface area (Å²) in [6.45, 7) is 0.276. The number of aromatic amines is 1. The fraction of sp³-hybridized carbons (Fsp3) is 0.333. The summed E-state index contributed by atoms with van der Waals surface area (Å²) >= 11 is 0. The summed E-state index contributed by atoms with van der Waals surface area (Å²) in [7, 11) is 4.42. The SMILES string of the molecule is COC(=O)C[C@@H]1Nc2ccc(C(=O)N(C)Cc3nc4ccc(C(F)(F)F)cc4[nH]3)cc2CN(C)C1=O. The molecule has 2 N–H and O–H groups in total. The van der Waals surface area contributed by atoms with Crippen molar-refractivity contribution in [2.24, 2.45) is 0 Å². The van der Waals surface area contributed by atoms with Crippen molar-refractivity contribution < 1.29 is 32.3 Å². The Hall–Kier alpha value is -4.09. The summed E-state index contributed by atoms with van der Waals surface area (Å²) in [6.07, 6.45) is -4.60. The number of anilines is 1. The van der Waals surface area contributed by atoms with E-state index in [0.717, 1.165) is 12.1 Å². The molecule has 1 aliphatic rings. The minimum atomic E-state index is -4.47. The number of imidazole rings is 1. The normalized spacial score (nSPS) is 15.8. The topological polar surface area (TPSA) is 108 Å². The van der Waals surface area contributed by atoms with Crippen LogP contribution >= 0.6 is 0 Å². The highest BCUT2D eigenvalue weighted by atomic mass is 19.4.